The molecular formula is C86H121N29O20S. The van der Waals surface area contributed by atoms with Gasteiger partial charge in [0.25, 0.3) is 17.7 Å². The quantitative estimate of drug-likeness (QED) is 0.0242. The molecule has 49 nitrogen and oxygen atoms in total. The molecule has 5 aliphatic heterocycles. The van der Waals surface area contributed by atoms with Crippen molar-refractivity contribution in [3.63, 3.8) is 0 Å². The zero-order valence-electron chi connectivity index (χ0n) is 76.8. The van der Waals surface area contributed by atoms with Crippen molar-refractivity contribution in [2.24, 2.45) is 5.92 Å². The first-order valence-electron chi connectivity index (χ1n) is 45.4. The number of rotatable bonds is 34. The van der Waals surface area contributed by atoms with Crippen LogP contribution in [0.3, 0.4) is 0 Å². The van der Waals surface area contributed by atoms with E-state index in [4.69, 9.17) is 33.2 Å². The number of aromatic nitrogens is 18. The molecule has 0 spiro atoms. The summed E-state index contributed by atoms with van der Waals surface area (Å²) in [4.78, 5) is 96.9. The Labute approximate surface area is 781 Å². The number of aryl methyl sites for hydroxylation is 1. The molecule has 19 N–H and O–H groups in total. The first-order valence-corrected chi connectivity index (χ1v) is 47.1. The molecule has 1 aliphatic carbocycles. The number of sulfonamides is 1. The van der Waals surface area contributed by atoms with Crippen LogP contribution in [0.4, 0.5) is 23.3 Å². The van der Waals surface area contributed by atoms with E-state index >= 15 is 0 Å². The number of carbonyl (C=O) groups is 3. The summed E-state index contributed by atoms with van der Waals surface area (Å²) in [6.07, 6.45) is -3.18. The molecule has 0 unspecified atom stereocenters. The summed E-state index contributed by atoms with van der Waals surface area (Å²) in [6, 6.07) is 21.2. The van der Waals surface area contributed by atoms with Crippen LogP contribution in [-0.4, -0.2) is 338 Å². The average Bonchev–Trinajstić information content (AvgIpc) is 1.65. The molecule has 9 aromatic heterocycles. The smallest absolute Gasteiger partial charge is 0.289 e. The van der Waals surface area contributed by atoms with Gasteiger partial charge in [0.1, 0.15) is 72.7 Å². The maximum absolute atomic E-state index is 12.8. The fraction of sp³-hybridized carbons (Fsp3) is 0.570. The predicted octanol–water partition coefficient (Wildman–Crippen LogP) is -0.504. The number of likely N-dealkylation sites (tertiary alicyclic amines) is 1. The number of methoxy groups -OCH3 is 1. The third kappa shape index (κ3) is 23.4. The van der Waals surface area contributed by atoms with Crippen LogP contribution in [0.15, 0.2) is 90.5 Å². The van der Waals surface area contributed by atoms with Crippen molar-refractivity contribution in [1.82, 2.24) is 124 Å². The number of hydrogen-bond donors (Lipinski definition) is 19. The molecule has 736 valence electrons. The lowest BCUT2D eigenvalue weighted by Crippen LogP contribution is -2.42. The number of piperidine rings is 1. The SMILES string of the molecule is CCNC(=O)[C@H]1O[C@@H](n2cnc3c(NC)nc(C(=O)NCCN4CCCCC4)nc32)[C@H](O)[C@@H]1O.CCc1nc([C@H]2O[C@@H](n3cnc4c(NC)nc(CNS(=O)(=O)CC(C)C)nc43)[C@H](O)[C@@H]2O)no1.CNc1nc(C(=O)NCCc2ccccc2)nc2c1ncn2[C@@H]1O[C@H](CO)[C@@H](O)[C@H]1O.CNc1nc(CNC2CCC(NCc3ccccc3)CC2)nc2c1ncn2[C@@H]1O[C@H](COC)[C@@H](O)[C@H]1O. The van der Waals surface area contributed by atoms with Crippen LogP contribution >= 0.6 is 0 Å². The zero-order valence-corrected chi connectivity index (χ0v) is 77.6. The number of hydrogen-bond acceptors (Lipinski definition) is 41. The number of ether oxygens (including phenoxy) is 5. The Morgan fingerprint density at radius 2 is 0.963 bits per heavy atom. The molecular weight excluding hydrogens is 1790 g/mol. The number of fused-ring (bicyclic) bond motifs is 4. The topological polar surface area (TPSA) is 650 Å². The Morgan fingerprint density at radius 3 is 1.45 bits per heavy atom. The number of aliphatic hydroxyl groups excluding tert-OH is 9. The van der Waals surface area contributed by atoms with E-state index in [9.17, 15) is 68.8 Å². The first-order chi connectivity index (χ1) is 65.7. The fourth-order valence-electron chi connectivity index (χ4n) is 16.8. The minimum Gasteiger partial charge on any atom is -0.394 e. The van der Waals surface area contributed by atoms with Gasteiger partial charge in [-0.25, -0.2) is 72.9 Å². The van der Waals surface area contributed by atoms with Gasteiger partial charge in [-0.15, -0.1) is 0 Å². The summed E-state index contributed by atoms with van der Waals surface area (Å²) in [5.74, 6) is 1.37. The summed E-state index contributed by atoms with van der Waals surface area (Å²) < 4.78 is 66.2. The largest absolute Gasteiger partial charge is 0.394 e. The van der Waals surface area contributed by atoms with Crippen molar-refractivity contribution in [2.75, 3.05) is 115 Å². The van der Waals surface area contributed by atoms with Crippen LogP contribution < -0.4 is 52.6 Å². The van der Waals surface area contributed by atoms with Crippen LogP contribution in [0.5, 0.6) is 0 Å². The van der Waals surface area contributed by atoms with Crippen molar-refractivity contribution in [1.29, 1.82) is 0 Å². The summed E-state index contributed by atoms with van der Waals surface area (Å²) in [5.41, 5.74) is 5.42. The maximum Gasteiger partial charge on any atom is 0.289 e. The van der Waals surface area contributed by atoms with Crippen molar-refractivity contribution in [3.8, 4) is 0 Å². The normalized spacial score (nSPS) is 25.1. The highest BCUT2D eigenvalue weighted by Crippen LogP contribution is 2.41. The Hall–Kier alpha value is -11.4. The van der Waals surface area contributed by atoms with Crippen LogP contribution in [0, 0.1) is 5.92 Å². The Bertz CT molecular complexity index is 5910. The minimum atomic E-state index is -3.51. The van der Waals surface area contributed by atoms with Crippen molar-refractivity contribution in [2.45, 2.75) is 215 Å². The van der Waals surface area contributed by atoms with Gasteiger partial charge in [-0.1, -0.05) is 93.0 Å². The highest BCUT2D eigenvalue weighted by molar-refractivity contribution is 7.89. The van der Waals surface area contributed by atoms with E-state index in [1.165, 1.54) is 64.6 Å². The molecule has 6 aliphatic rings. The number of anilines is 4. The second-order valence-corrected chi connectivity index (χ2v) is 35.7. The number of likely N-dealkylation sites (N-methyl/N-ethyl adjacent to an activating group) is 1. The summed E-state index contributed by atoms with van der Waals surface area (Å²) >= 11 is 0. The van der Waals surface area contributed by atoms with E-state index in [0.29, 0.717) is 114 Å². The minimum absolute atomic E-state index is 0.0245. The van der Waals surface area contributed by atoms with Crippen LogP contribution in [0.2, 0.25) is 0 Å². The monoisotopic (exact) mass is 1910 g/mol. The highest BCUT2D eigenvalue weighted by Gasteiger charge is 2.51. The molecule has 136 heavy (non-hydrogen) atoms. The lowest BCUT2D eigenvalue weighted by atomic mass is 9.91. The number of amides is 3. The Balaban J connectivity index is 0.000000145. The summed E-state index contributed by atoms with van der Waals surface area (Å²) in [6.45, 7) is 12.3. The number of aliphatic hydroxyl groups is 9. The van der Waals surface area contributed by atoms with Gasteiger partial charge in [-0.2, -0.15) is 4.98 Å². The number of carbonyl (C=O) groups excluding carboxylic acids is 3. The van der Waals surface area contributed by atoms with Gasteiger partial charge in [0, 0.05) is 86.5 Å². The first kappa shape index (κ1) is 101. The van der Waals surface area contributed by atoms with E-state index < -0.39 is 133 Å². The van der Waals surface area contributed by atoms with Crippen molar-refractivity contribution in [3.05, 3.63) is 132 Å². The van der Waals surface area contributed by atoms with Gasteiger partial charge in [-0.3, -0.25) is 32.7 Å². The van der Waals surface area contributed by atoms with E-state index in [1.807, 2.05) is 57.2 Å². The number of imidazole rings is 4. The molecule has 6 fully saturated rings. The molecule has 5 saturated heterocycles. The van der Waals surface area contributed by atoms with Gasteiger partial charge in [0.2, 0.25) is 33.4 Å². The molecule has 1 saturated carbocycles. The van der Waals surface area contributed by atoms with E-state index in [2.05, 4.69) is 147 Å². The molecule has 2 aromatic carbocycles. The second-order valence-electron chi connectivity index (χ2n) is 33.9. The Kier molecular flexibility index (Phi) is 34.1. The second kappa shape index (κ2) is 46.2. The number of nitrogens with zero attached hydrogens (tertiary/aromatic N) is 19. The van der Waals surface area contributed by atoms with Gasteiger partial charge in [0.15, 0.2) is 105 Å². The third-order valence-corrected chi connectivity index (χ3v) is 25.7. The van der Waals surface area contributed by atoms with Gasteiger partial charge in [0.05, 0.1) is 57.4 Å². The van der Waals surface area contributed by atoms with Crippen LogP contribution in [-0.2, 0) is 71.0 Å². The van der Waals surface area contributed by atoms with Gasteiger partial charge >= 0.3 is 0 Å². The lowest BCUT2D eigenvalue weighted by molar-refractivity contribution is -0.137. The molecule has 14 heterocycles. The molecule has 17 rings (SSSR count). The summed E-state index contributed by atoms with van der Waals surface area (Å²) in [7, 11) is 4.75. The van der Waals surface area contributed by atoms with Crippen LogP contribution in [0.1, 0.15) is 159 Å². The van der Waals surface area contributed by atoms with E-state index in [-0.39, 0.29) is 65.1 Å². The molecule has 11 aromatic rings. The third-order valence-electron chi connectivity index (χ3n) is 24.0. The molecule has 0 radical (unpaired) electrons. The van der Waals surface area contributed by atoms with Gasteiger partial charge in [-0.05, 0) is 82.0 Å². The standard InChI is InChI=1S/C26H37N7O4.C21H32N8O5.C20H24N6O5.C19H28N8O6S/c1-27-24-21-25(33(15-30-21)26-23(35)22(34)19(37-26)14-36-2)32-20(31-24)13-29-18-10-8-17(9-11-18)28-12-16-6-4-3-5-7-16;1-3-23-19(32)15-13(30)14(31)21(34-15)29-11-25-12-16(22-2)26-17(27-18(12)29)20(33)24-7-10-28-8-5-4-6-9-28;1-21-16-13-18(26(10-23-13)20-15(29)14(28)12(9-27)31-20)25-17(24-16)19(30)22-8-7-11-5-3-2-4-6-11;1-5-11-25-17(26-33-11)15-13(28)14(29)19(32-15)27-8-21-12-16(20-4)23-10(24-18(12)27)6-22-34(30,31)7-9(2)3/h3-7,15,17-19,22-23,26,28-29,34-35H,8-14H2,1-2H3,(H,27,31,32);11,13-15,21,30-31H,3-10H2,1-2H3,(H,23,32)(H,24,33)(H,22,26,27);2-6,10,12,14-15,20,27-29H,7-9H2,1H3,(H,22,30)(H,21,24,25);8-9,13-15,19,22,28-29H,5-7H2,1-4H3,(H,20,23,24)/t17?,18?,19-,22-,23-,26-;13-,14+,15-,21+;12-,14-,15-,20-;13-,14+,15-,19+/m1010/s1. The average molecular weight is 1910 g/mol. The number of nitrogens with one attached hydrogen (secondary N) is 10. The van der Waals surface area contributed by atoms with E-state index in [1.54, 1.807) is 46.0 Å². The van der Waals surface area contributed by atoms with E-state index in [0.717, 1.165) is 57.4 Å². The van der Waals surface area contributed by atoms with Crippen molar-refractivity contribution >= 4 is 95.7 Å². The number of benzene rings is 2. The van der Waals surface area contributed by atoms with Gasteiger partial charge < -0.3 is 127 Å². The zero-order chi connectivity index (χ0) is 96.6. The fourth-order valence-corrected chi connectivity index (χ4v) is 18.2. The lowest BCUT2D eigenvalue weighted by Gasteiger charge is -2.30. The summed E-state index contributed by atoms with van der Waals surface area (Å²) in [5, 5.41) is 124. The van der Waals surface area contributed by atoms with Crippen LogP contribution in [0.25, 0.3) is 44.7 Å². The molecule has 50 heteroatoms. The maximum atomic E-state index is 12.8. The molecule has 0 bridgehead atoms. The molecule has 16 atom stereocenters. The molecule has 3 amide bonds. The van der Waals surface area contributed by atoms with Crippen molar-refractivity contribution < 1.29 is 97.0 Å². The Morgan fingerprint density at radius 1 is 0.507 bits per heavy atom. The highest BCUT2D eigenvalue weighted by atomic mass is 32.2. The predicted molar refractivity (Wildman–Crippen MR) is 490 cm³/mol.